The van der Waals surface area contributed by atoms with Crippen molar-refractivity contribution in [2.75, 3.05) is 14.2 Å². The third kappa shape index (κ3) is 3.41. The van der Waals surface area contributed by atoms with Crippen LogP contribution in [0.15, 0.2) is 30.3 Å². The second-order valence-corrected chi connectivity index (χ2v) is 6.96. The quantitative estimate of drug-likeness (QED) is 0.850. The summed E-state index contributed by atoms with van der Waals surface area (Å²) in [6.07, 6.45) is -3.42. The molecule has 2 aliphatic rings. The zero-order chi connectivity index (χ0) is 18.9. The van der Waals surface area contributed by atoms with E-state index < -0.39 is 36.2 Å². The van der Waals surface area contributed by atoms with Crippen LogP contribution >= 0.6 is 0 Å². The SMILES string of the molecule is COC1(C)O[C@@H]2[C@@H](OC1(C)OC)[C@@H](O)[C@H](OCc1ccccc1)O[C@H]2C. The summed E-state index contributed by atoms with van der Waals surface area (Å²) in [5, 5.41) is 10.8. The number of aliphatic hydroxyl groups is 1. The van der Waals surface area contributed by atoms with Gasteiger partial charge in [0.05, 0.1) is 12.7 Å². The smallest absolute Gasteiger partial charge is 0.220 e. The molecule has 2 fully saturated rings. The Morgan fingerprint density at radius 2 is 1.58 bits per heavy atom. The van der Waals surface area contributed by atoms with Crippen LogP contribution in [0.25, 0.3) is 0 Å². The van der Waals surface area contributed by atoms with Crippen molar-refractivity contribution in [2.45, 2.75) is 69.7 Å². The minimum Gasteiger partial charge on any atom is -0.385 e. The Hall–Kier alpha value is -1.06. The van der Waals surface area contributed by atoms with Gasteiger partial charge in [0.15, 0.2) is 6.29 Å². The maximum atomic E-state index is 10.8. The van der Waals surface area contributed by atoms with E-state index in [1.54, 1.807) is 13.8 Å². The summed E-state index contributed by atoms with van der Waals surface area (Å²) in [7, 11) is 3.04. The van der Waals surface area contributed by atoms with Crippen LogP contribution in [0.4, 0.5) is 0 Å². The van der Waals surface area contributed by atoms with E-state index in [1.807, 2.05) is 37.3 Å². The summed E-state index contributed by atoms with van der Waals surface area (Å²) in [6, 6.07) is 9.71. The minimum absolute atomic E-state index is 0.324. The summed E-state index contributed by atoms with van der Waals surface area (Å²) in [4.78, 5) is 0. The first-order chi connectivity index (χ1) is 12.3. The van der Waals surface area contributed by atoms with Crippen LogP contribution in [-0.4, -0.2) is 61.6 Å². The molecule has 2 aliphatic heterocycles. The molecule has 26 heavy (non-hydrogen) atoms. The van der Waals surface area contributed by atoms with Gasteiger partial charge in [-0.25, -0.2) is 0 Å². The molecule has 1 aromatic rings. The lowest BCUT2D eigenvalue weighted by Crippen LogP contribution is -2.72. The van der Waals surface area contributed by atoms with E-state index in [0.29, 0.717) is 6.61 Å². The number of aliphatic hydroxyl groups excluding tert-OH is 1. The highest BCUT2D eigenvalue weighted by Gasteiger charge is 2.61. The van der Waals surface area contributed by atoms with Crippen molar-refractivity contribution < 1.29 is 33.5 Å². The predicted octanol–water partition coefficient (Wildman–Crippen LogP) is 1.82. The molecule has 2 unspecified atom stereocenters. The summed E-state index contributed by atoms with van der Waals surface area (Å²) in [5.41, 5.74) is 0.993. The maximum absolute atomic E-state index is 10.8. The number of hydrogen-bond donors (Lipinski definition) is 1. The molecule has 2 heterocycles. The average Bonchev–Trinajstić information content (AvgIpc) is 2.66. The van der Waals surface area contributed by atoms with Gasteiger partial charge in [-0.2, -0.15) is 0 Å². The summed E-state index contributed by atoms with van der Waals surface area (Å²) in [5.74, 6) is -2.33. The third-order valence-electron chi connectivity index (χ3n) is 5.33. The highest BCUT2D eigenvalue weighted by atomic mass is 16.8. The van der Waals surface area contributed by atoms with Crippen molar-refractivity contribution in [3.8, 4) is 0 Å². The van der Waals surface area contributed by atoms with E-state index >= 15 is 0 Å². The molecule has 0 aromatic heterocycles. The Morgan fingerprint density at radius 1 is 1.00 bits per heavy atom. The van der Waals surface area contributed by atoms with Gasteiger partial charge in [0.1, 0.15) is 18.3 Å². The second kappa shape index (κ2) is 7.52. The molecule has 2 saturated heterocycles. The lowest BCUT2D eigenvalue weighted by atomic mass is 9.94. The molecule has 0 radical (unpaired) electrons. The van der Waals surface area contributed by atoms with Crippen molar-refractivity contribution in [3.05, 3.63) is 35.9 Å². The van der Waals surface area contributed by atoms with Crippen LogP contribution in [0.5, 0.6) is 0 Å². The standard InChI is InChI=1S/C19H28O7/c1-12-15-16(26-19(3,22-5)18(2,21-4)25-15)14(20)17(24-12)23-11-13-9-7-6-8-10-13/h6-10,12,14-17,20H,11H2,1-5H3/t12-,14+,15-,16-,17+,18?,19?/m0/s1. The topological polar surface area (TPSA) is 75.6 Å². The first kappa shape index (κ1) is 19.7. The van der Waals surface area contributed by atoms with Crippen LogP contribution < -0.4 is 0 Å². The Bertz CT molecular complexity index is 597. The van der Waals surface area contributed by atoms with Crippen LogP contribution in [0.2, 0.25) is 0 Å². The highest BCUT2D eigenvalue weighted by molar-refractivity contribution is 5.13. The van der Waals surface area contributed by atoms with E-state index in [0.717, 1.165) is 5.56 Å². The Balaban J connectivity index is 1.74. The molecule has 0 spiro atoms. The Kier molecular flexibility index (Phi) is 5.69. The van der Waals surface area contributed by atoms with Gasteiger partial charge in [-0.05, 0) is 26.3 Å². The number of hydrogen-bond acceptors (Lipinski definition) is 7. The van der Waals surface area contributed by atoms with E-state index in [4.69, 9.17) is 28.4 Å². The molecule has 0 aliphatic carbocycles. The molecule has 0 bridgehead atoms. The summed E-state index contributed by atoms with van der Waals surface area (Å²) < 4.78 is 34.9. The lowest BCUT2D eigenvalue weighted by molar-refractivity contribution is -0.478. The fourth-order valence-electron chi connectivity index (χ4n) is 3.38. The van der Waals surface area contributed by atoms with Gasteiger partial charge in [-0.1, -0.05) is 30.3 Å². The Morgan fingerprint density at radius 3 is 2.15 bits per heavy atom. The molecular formula is C19H28O7. The molecule has 7 nitrogen and oxygen atoms in total. The number of benzene rings is 1. The molecule has 0 saturated carbocycles. The van der Waals surface area contributed by atoms with E-state index in [2.05, 4.69) is 0 Å². The molecule has 146 valence electrons. The molecule has 7 atom stereocenters. The maximum Gasteiger partial charge on any atom is 0.220 e. The summed E-state index contributed by atoms with van der Waals surface area (Å²) in [6.45, 7) is 5.64. The van der Waals surface area contributed by atoms with E-state index in [9.17, 15) is 5.11 Å². The fraction of sp³-hybridized carbons (Fsp3) is 0.684. The number of methoxy groups -OCH3 is 2. The minimum atomic E-state index is -1.19. The van der Waals surface area contributed by atoms with Crippen molar-refractivity contribution in [1.29, 1.82) is 0 Å². The first-order valence-corrected chi connectivity index (χ1v) is 8.78. The first-order valence-electron chi connectivity index (χ1n) is 8.78. The number of fused-ring (bicyclic) bond motifs is 1. The molecule has 1 N–H and O–H groups in total. The number of ether oxygens (including phenoxy) is 6. The molecule has 7 heteroatoms. The largest absolute Gasteiger partial charge is 0.385 e. The third-order valence-corrected chi connectivity index (χ3v) is 5.33. The van der Waals surface area contributed by atoms with E-state index in [-0.39, 0.29) is 6.10 Å². The van der Waals surface area contributed by atoms with Crippen LogP contribution in [0.1, 0.15) is 26.3 Å². The zero-order valence-corrected chi connectivity index (χ0v) is 15.9. The van der Waals surface area contributed by atoms with Gasteiger partial charge >= 0.3 is 0 Å². The van der Waals surface area contributed by atoms with Crippen LogP contribution in [0, 0.1) is 0 Å². The van der Waals surface area contributed by atoms with Crippen molar-refractivity contribution in [1.82, 2.24) is 0 Å². The van der Waals surface area contributed by atoms with Crippen LogP contribution in [0.3, 0.4) is 0 Å². The van der Waals surface area contributed by atoms with Crippen LogP contribution in [-0.2, 0) is 35.0 Å². The monoisotopic (exact) mass is 368 g/mol. The molecule has 3 rings (SSSR count). The predicted molar refractivity (Wildman–Crippen MR) is 92.1 cm³/mol. The van der Waals surface area contributed by atoms with Gasteiger partial charge < -0.3 is 33.5 Å². The van der Waals surface area contributed by atoms with Gasteiger partial charge in [0.2, 0.25) is 11.6 Å². The van der Waals surface area contributed by atoms with Gasteiger partial charge in [-0.3, -0.25) is 0 Å². The number of rotatable bonds is 5. The van der Waals surface area contributed by atoms with Gasteiger partial charge in [0.25, 0.3) is 0 Å². The Labute approximate surface area is 154 Å². The highest BCUT2D eigenvalue weighted by Crippen LogP contribution is 2.43. The molecular weight excluding hydrogens is 340 g/mol. The lowest BCUT2D eigenvalue weighted by Gasteiger charge is -2.56. The normalized spacial score (nSPS) is 43.1. The summed E-state index contributed by atoms with van der Waals surface area (Å²) >= 11 is 0. The van der Waals surface area contributed by atoms with Crippen molar-refractivity contribution >= 4 is 0 Å². The van der Waals surface area contributed by atoms with Crippen molar-refractivity contribution in [3.63, 3.8) is 0 Å². The molecule has 1 aromatic carbocycles. The second-order valence-electron chi connectivity index (χ2n) is 6.96. The van der Waals surface area contributed by atoms with E-state index in [1.165, 1.54) is 14.2 Å². The molecule has 0 amide bonds. The average molecular weight is 368 g/mol. The van der Waals surface area contributed by atoms with Gasteiger partial charge in [-0.15, -0.1) is 0 Å². The zero-order valence-electron chi connectivity index (χ0n) is 15.9. The van der Waals surface area contributed by atoms with Gasteiger partial charge in [0, 0.05) is 14.2 Å². The van der Waals surface area contributed by atoms with Crippen molar-refractivity contribution in [2.24, 2.45) is 0 Å². The fourth-order valence-corrected chi connectivity index (χ4v) is 3.38.